The highest BCUT2D eigenvalue weighted by atomic mass is 35.5. The van der Waals surface area contributed by atoms with Crippen LogP contribution >= 0.6 is 11.6 Å². The van der Waals surface area contributed by atoms with Gasteiger partial charge in [-0.3, -0.25) is 4.79 Å². The van der Waals surface area contributed by atoms with Crippen LogP contribution in [0.15, 0.2) is 41.0 Å². The molecule has 1 amide bonds. The summed E-state index contributed by atoms with van der Waals surface area (Å²) in [4.78, 5) is 11.9. The number of hydrogen-bond donors (Lipinski definition) is 2. The summed E-state index contributed by atoms with van der Waals surface area (Å²) < 4.78 is 18.2. The van der Waals surface area contributed by atoms with Gasteiger partial charge in [0.25, 0.3) is 0 Å². The molecule has 1 atom stereocenters. The molecule has 20 heavy (non-hydrogen) atoms. The molecule has 0 bridgehead atoms. The molecular weight excluding hydrogens is 283 g/mol. The second-order valence-corrected chi connectivity index (χ2v) is 4.69. The van der Waals surface area contributed by atoms with Gasteiger partial charge >= 0.3 is 0 Å². The normalized spacial score (nSPS) is 11.9. The summed E-state index contributed by atoms with van der Waals surface area (Å²) >= 11 is 5.93. The van der Waals surface area contributed by atoms with E-state index in [1.807, 2.05) is 0 Å². The highest BCUT2D eigenvalue weighted by molar-refractivity contribution is 6.33. The molecule has 0 saturated heterocycles. The molecule has 1 unspecified atom stereocenters. The first-order chi connectivity index (χ1) is 9.56. The van der Waals surface area contributed by atoms with Gasteiger partial charge in [-0.25, -0.2) is 4.39 Å². The predicted molar refractivity (Wildman–Crippen MR) is 75.0 cm³/mol. The monoisotopic (exact) mass is 296 g/mol. The minimum absolute atomic E-state index is 0.235. The van der Waals surface area contributed by atoms with E-state index in [0.29, 0.717) is 23.0 Å². The number of hydrogen-bond acceptors (Lipinski definition) is 3. The van der Waals surface area contributed by atoms with Crippen LogP contribution in [0.2, 0.25) is 5.02 Å². The highest BCUT2D eigenvalue weighted by Crippen LogP contribution is 2.23. The first kappa shape index (κ1) is 14.4. The Kier molecular flexibility index (Phi) is 4.63. The van der Waals surface area contributed by atoms with Crippen molar-refractivity contribution in [2.45, 2.75) is 19.5 Å². The molecular formula is C14H14ClFN2O2. The summed E-state index contributed by atoms with van der Waals surface area (Å²) in [5, 5.41) is 5.93. The van der Waals surface area contributed by atoms with Gasteiger partial charge in [-0.2, -0.15) is 0 Å². The molecule has 0 spiro atoms. The largest absolute Gasteiger partial charge is 0.467 e. The van der Waals surface area contributed by atoms with Crippen molar-refractivity contribution in [1.29, 1.82) is 0 Å². The van der Waals surface area contributed by atoms with Crippen LogP contribution in [-0.2, 0) is 11.3 Å². The number of amides is 1. The smallest absolute Gasteiger partial charge is 0.242 e. The number of rotatable bonds is 5. The second-order valence-electron chi connectivity index (χ2n) is 4.29. The number of halogens is 2. The van der Waals surface area contributed by atoms with Crippen LogP contribution in [0.4, 0.5) is 10.1 Å². The van der Waals surface area contributed by atoms with Crippen molar-refractivity contribution >= 4 is 23.2 Å². The van der Waals surface area contributed by atoms with Gasteiger partial charge in [0.2, 0.25) is 5.91 Å². The lowest BCUT2D eigenvalue weighted by Crippen LogP contribution is -2.37. The van der Waals surface area contributed by atoms with Gasteiger partial charge in [-0.1, -0.05) is 11.6 Å². The maximum absolute atomic E-state index is 13.1. The Morgan fingerprint density at radius 2 is 2.25 bits per heavy atom. The molecule has 0 fully saturated rings. The van der Waals surface area contributed by atoms with Gasteiger partial charge < -0.3 is 15.1 Å². The standard InChI is InChI=1S/C14H14ClFN2O2/c1-9(14(19)17-8-11-3-2-6-20-11)18-13-7-10(16)4-5-12(13)15/h2-7,9,18H,8H2,1H3,(H,17,19). The summed E-state index contributed by atoms with van der Waals surface area (Å²) in [6, 6.07) is 6.90. The van der Waals surface area contributed by atoms with E-state index in [4.69, 9.17) is 16.0 Å². The van der Waals surface area contributed by atoms with Gasteiger partial charge in [0.05, 0.1) is 23.5 Å². The Bertz CT molecular complexity index is 587. The zero-order valence-corrected chi connectivity index (χ0v) is 11.6. The van der Waals surface area contributed by atoms with Crippen LogP contribution in [0.3, 0.4) is 0 Å². The summed E-state index contributed by atoms with van der Waals surface area (Å²) in [6.07, 6.45) is 1.54. The number of nitrogens with one attached hydrogen (secondary N) is 2. The van der Waals surface area contributed by atoms with E-state index in [1.165, 1.54) is 24.5 Å². The third kappa shape index (κ3) is 3.74. The molecule has 4 nitrogen and oxygen atoms in total. The van der Waals surface area contributed by atoms with Gasteiger partial charge in [0, 0.05) is 0 Å². The van der Waals surface area contributed by atoms with E-state index in [0.717, 1.165) is 0 Å². The molecule has 2 N–H and O–H groups in total. The molecule has 106 valence electrons. The molecule has 1 aromatic heterocycles. The van der Waals surface area contributed by atoms with Crippen molar-refractivity contribution in [3.05, 3.63) is 53.2 Å². The third-order valence-electron chi connectivity index (χ3n) is 2.71. The van der Waals surface area contributed by atoms with Crippen molar-refractivity contribution in [3.63, 3.8) is 0 Å². The van der Waals surface area contributed by atoms with Crippen LogP contribution in [0.1, 0.15) is 12.7 Å². The molecule has 0 aliphatic heterocycles. The zero-order chi connectivity index (χ0) is 14.5. The Morgan fingerprint density at radius 1 is 1.45 bits per heavy atom. The first-order valence-electron chi connectivity index (χ1n) is 6.08. The third-order valence-corrected chi connectivity index (χ3v) is 3.04. The summed E-state index contributed by atoms with van der Waals surface area (Å²) in [5.74, 6) is 0.0103. The fourth-order valence-electron chi connectivity index (χ4n) is 1.65. The number of anilines is 1. The Labute approximate surface area is 120 Å². The second kappa shape index (κ2) is 6.43. The molecule has 0 aliphatic carbocycles. The molecule has 1 aromatic carbocycles. The SMILES string of the molecule is CC(Nc1cc(F)ccc1Cl)C(=O)NCc1ccco1. The van der Waals surface area contributed by atoms with Crippen LogP contribution < -0.4 is 10.6 Å². The van der Waals surface area contributed by atoms with E-state index in [-0.39, 0.29) is 5.91 Å². The number of carbonyl (C=O) groups is 1. The van der Waals surface area contributed by atoms with Gasteiger partial charge in [-0.15, -0.1) is 0 Å². The summed E-state index contributed by atoms with van der Waals surface area (Å²) in [5.41, 5.74) is 0.382. The Morgan fingerprint density at radius 3 is 2.95 bits per heavy atom. The highest BCUT2D eigenvalue weighted by Gasteiger charge is 2.14. The number of benzene rings is 1. The van der Waals surface area contributed by atoms with Gasteiger partial charge in [-0.05, 0) is 37.3 Å². The van der Waals surface area contributed by atoms with E-state index in [1.54, 1.807) is 19.1 Å². The van der Waals surface area contributed by atoms with Crippen LogP contribution in [0, 0.1) is 5.82 Å². The summed E-state index contributed by atoms with van der Waals surface area (Å²) in [6.45, 7) is 1.97. The topological polar surface area (TPSA) is 54.3 Å². The lowest BCUT2D eigenvalue weighted by molar-refractivity contribution is -0.121. The van der Waals surface area contributed by atoms with Gasteiger partial charge in [0.15, 0.2) is 0 Å². The van der Waals surface area contributed by atoms with E-state index >= 15 is 0 Å². The van der Waals surface area contributed by atoms with E-state index in [2.05, 4.69) is 10.6 Å². The minimum atomic E-state index is -0.552. The fourth-order valence-corrected chi connectivity index (χ4v) is 1.82. The Hall–Kier alpha value is -2.01. The predicted octanol–water partition coefficient (Wildman–Crippen LogP) is 3.19. The molecule has 6 heteroatoms. The first-order valence-corrected chi connectivity index (χ1v) is 6.46. The lowest BCUT2D eigenvalue weighted by Gasteiger charge is -2.15. The average molecular weight is 297 g/mol. The van der Waals surface area contributed by atoms with E-state index in [9.17, 15) is 9.18 Å². The maximum Gasteiger partial charge on any atom is 0.242 e. The fraction of sp³-hybridized carbons (Fsp3) is 0.214. The van der Waals surface area contributed by atoms with Crippen molar-refractivity contribution in [1.82, 2.24) is 5.32 Å². The molecule has 0 aliphatic rings. The minimum Gasteiger partial charge on any atom is -0.467 e. The molecule has 1 heterocycles. The van der Waals surface area contributed by atoms with Crippen LogP contribution in [0.25, 0.3) is 0 Å². The van der Waals surface area contributed by atoms with Crippen molar-refractivity contribution in [3.8, 4) is 0 Å². The molecule has 2 rings (SSSR count). The van der Waals surface area contributed by atoms with Crippen LogP contribution in [0.5, 0.6) is 0 Å². The van der Waals surface area contributed by atoms with Crippen molar-refractivity contribution in [2.75, 3.05) is 5.32 Å². The molecule has 2 aromatic rings. The molecule has 0 radical (unpaired) electrons. The molecule has 0 saturated carbocycles. The average Bonchev–Trinajstić information content (AvgIpc) is 2.93. The number of furan rings is 1. The van der Waals surface area contributed by atoms with Crippen molar-refractivity contribution < 1.29 is 13.6 Å². The van der Waals surface area contributed by atoms with Gasteiger partial charge in [0.1, 0.15) is 17.6 Å². The lowest BCUT2D eigenvalue weighted by atomic mass is 10.2. The van der Waals surface area contributed by atoms with E-state index < -0.39 is 11.9 Å². The quantitative estimate of drug-likeness (QED) is 0.891. The van der Waals surface area contributed by atoms with Crippen LogP contribution in [-0.4, -0.2) is 11.9 Å². The zero-order valence-electron chi connectivity index (χ0n) is 10.8. The van der Waals surface area contributed by atoms with Crippen molar-refractivity contribution in [2.24, 2.45) is 0 Å². The summed E-state index contributed by atoms with van der Waals surface area (Å²) in [7, 11) is 0. The maximum atomic E-state index is 13.1. The Balaban J connectivity index is 1.92. The number of carbonyl (C=O) groups excluding carboxylic acids is 1.